The Morgan fingerprint density at radius 1 is 1.41 bits per heavy atom. The summed E-state index contributed by atoms with van der Waals surface area (Å²) in [6, 6.07) is 5.50. The molecule has 17 heavy (non-hydrogen) atoms. The topological polar surface area (TPSA) is 32.7 Å². The number of ether oxygens (including phenoxy) is 1. The van der Waals surface area contributed by atoms with Gasteiger partial charge in [-0.1, -0.05) is 23.7 Å². The number of methoxy groups -OCH3 is 1. The lowest BCUT2D eigenvalue weighted by Gasteiger charge is -2.31. The van der Waals surface area contributed by atoms with Crippen molar-refractivity contribution in [2.75, 3.05) is 20.2 Å². The van der Waals surface area contributed by atoms with E-state index in [1.54, 1.807) is 13.2 Å². The number of phenolic OH excluding ortho intramolecular Hbond substituents is 1. The van der Waals surface area contributed by atoms with Gasteiger partial charge in [0.2, 0.25) is 0 Å². The summed E-state index contributed by atoms with van der Waals surface area (Å²) in [6.45, 7) is 2.76. The third kappa shape index (κ3) is 3.12. The molecule has 1 aliphatic rings. The highest BCUT2D eigenvalue weighted by Crippen LogP contribution is 2.28. The molecule has 1 aromatic rings. The van der Waals surface area contributed by atoms with Crippen molar-refractivity contribution in [1.29, 1.82) is 0 Å². The van der Waals surface area contributed by atoms with Crippen LogP contribution < -0.4 is 0 Å². The monoisotopic (exact) mass is 255 g/mol. The first kappa shape index (κ1) is 12.7. The number of halogens is 1. The van der Waals surface area contributed by atoms with E-state index in [0.29, 0.717) is 11.1 Å². The first-order valence-corrected chi connectivity index (χ1v) is 6.30. The van der Waals surface area contributed by atoms with Gasteiger partial charge in [-0.05, 0) is 18.9 Å². The smallest absolute Gasteiger partial charge is 0.138 e. The van der Waals surface area contributed by atoms with Gasteiger partial charge in [0, 0.05) is 32.3 Å². The van der Waals surface area contributed by atoms with Crippen LogP contribution in [0, 0.1) is 0 Å². The van der Waals surface area contributed by atoms with E-state index < -0.39 is 0 Å². The molecule has 94 valence electrons. The van der Waals surface area contributed by atoms with Crippen LogP contribution in [0.25, 0.3) is 0 Å². The number of piperidine rings is 1. The maximum Gasteiger partial charge on any atom is 0.138 e. The quantitative estimate of drug-likeness (QED) is 0.901. The minimum Gasteiger partial charge on any atom is -0.506 e. The minimum absolute atomic E-state index is 0.211. The van der Waals surface area contributed by atoms with Crippen LogP contribution in [0.2, 0.25) is 5.02 Å². The standard InChI is InChI=1S/C13H18ClNO2/c1-17-11-5-7-15(8-6-11)9-10-3-2-4-12(14)13(10)16/h2-4,11,16H,5-9H2,1H3. The molecule has 1 aliphatic heterocycles. The Morgan fingerprint density at radius 2 is 2.12 bits per heavy atom. The van der Waals surface area contributed by atoms with Gasteiger partial charge in [0.15, 0.2) is 0 Å². The van der Waals surface area contributed by atoms with Gasteiger partial charge in [-0.25, -0.2) is 0 Å². The van der Waals surface area contributed by atoms with E-state index >= 15 is 0 Å². The summed E-state index contributed by atoms with van der Waals surface area (Å²) >= 11 is 5.89. The van der Waals surface area contributed by atoms with Crippen molar-refractivity contribution in [3.05, 3.63) is 28.8 Å². The first-order chi connectivity index (χ1) is 8.20. The molecule has 1 saturated heterocycles. The Balaban J connectivity index is 1.95. The van der Waals surface area contributed by atoms with Gasteiger partial charge in [0.05, 0.1) is 11.1 Å². The number of aromatic hydroxyl groups is 1. The molecule has 0 amide bonds. The van der Waals surface area contributed by atoms with Crippen LogP contribution in [-0.4, -0.2) is 36.3 Å². The number of nitrogens with zero attached hydrogens (tertiary/aromatic N) is 1. The van der Waals surface area contributed by atoms with E-state index in [1.165, 1.54) is 0 Å². The second-order valence-corrected chi connectivity index (χ2v) is 4.87. The van der Waals surface area contributed by atoms with Crippen molar-refractivity contribution < 1.29 is 9.84 Å². The van der Waals surface area contributed by atoms with Crippen LogP contribution in [0.4, 0.5) is 0 Å². The molecule has 1 fully saturated rings. The molecule has 0 aromatic heterocycles. The van der Waals surface area contributed by atoms with Crippen LogP contribution in [0.3, 0.4) is 0 Å². The molecule has 4 heteroatoms. The van der Waals surface area contributed by atoms with Crippen LogP contribution in [0.15, 0.2) is 18.2 Å². The van der Waals surface area contributed by atoms with E-state index in [2.05, 4.69) is 4.90 Å². The van der Waals surface area contributed by atoms with E-state index in [9.17, 15) is 5.11 Å². The number of likely N-dealkylation sites (tertiary alicyclic amines) is 1. The van der Waals surface area contributed by atoms with Crippen LogP contribution in [0.1, 0.15) is 18.4 Å². The third-order valence-electron chi connectivity index (χ3n) is 3.33. The summed E-state index contributed by atoms with van der Waals surface area (Å²) in [5, 5.41) is 10.3. The second kappa shape index (κ2) is 5.71. The minimum atomic E-state index is 0.211. The maximum absolute atomic E-state index is 9.84. The lowest BCUT2D eigenvalue weighted by molar-refractivity contribution is 0.0387. The fraction of sp³-hybridized carbons (Fsp3) is 0.538. The Hall–Kier alpha value is -0.770. The largest absolute Gasteiger partial charge is 0.506 e. The Kier molecular flexibility index (Phi) is 4.26. The number of rotatable bonds is 3. The highest BCUT2D eigenvalue weighted by molar-refractivity contribution is 6.32. The third-order valence-corrected chi connectivity index (χ3v) is 3.64. The molecule has 1 aromatic carbocycles. The summed E-state index contributed by atoms with van der Waals surface area (Å²) in [5.41, 5.74) is 0.897. The van der Waals surface area contributed by atoms with E-state index in [1.807, 2.05) is 12.1 Å². The lowest BCUT2D eigenvalue weighted by Crippen LogP contribution is -2.36. The second-order valence-electron chi connectivity index (χ2n) is 4.46. The summed E-state index contributed by atoms with van der Waals surface area (Å²) in [4.78, 5) is 2.32. The Bertz CT molecular complexity index is 376. The molecule has 0 spiro atoms. The van der Waals surface area contributed by atoms with Crippen molar-refractivity contribution in [1.82, 2.24) is 4.90 Å². The van der Waals surface area contributed by atoms with Gasteiger partial charge in [0.1, 0.15) is 5.75 Å². The molecule has 3 nitrogen and oxygen atoms in total. The van der Waals surface area contributed by atoms with Crippen LogP contribution >= 0.6 is 11.6 Å². The summed E-state index contributed by atoms with van der Waals surface area (Å²) < 4.78 is 5.34. The number of hydrogen-bond donors (Lipinski definition) is 1. The van der Waals surface area contributed by atoms with Gasteiger partial charge in [-0.15, -0.1) is 0 Å². The molecule has 0 aliphatic carbocycles. The Labute approximate surface area is 107 Å². The summed E-state index contributed by atoms with van der Waals surface area (Å²) in [6.07, 6.45) is 2.49. The fourth-order valence-electron chi connectivity index (χ4n) is 2.23. The fourth-order valence-corrected chi connectivity index (χ4v) is 2.43. The highest BCUT2D eigenvalue weighted by Gasteiger charge is 2.19. The average molecular weight is 256 g/mol. The SMILES string of the molecule is COC1CCN(Cc2cccc(Cl)c2O)CC1. The molecule has 0 saturated carbocycles. The number of hydrogen-bond acceptors (Lipinski definition) is 3. The van der Waals surface area contributed by atoms with Crippen molar-refractivity contribution in [3.8, 4) is 5.75 Å². The van der Waals surface area contributed by atoms with Gasteiger partial charge in [0.25, 0.3) is 0 Å². The van der Waals surface area contributed by atoms with Gasteiger partial charge >= 0.3 is 0 Å². The molecular formula is C13H18ClNO2. The zero-order valence-electron chi connectivity index (χ0n) is 10.0. The first-order valence-electron chi connectivity index (χ1n) is 5.92. The average Bonchev–Trinajstić information content (AvgIpc) is 2.36. The molecular weight excluding hydrogens is 238 g/mol. The lowest BCUT2D eigenvalue weighted by atomic mass is 10.1. The zero-order chi connectivity index (χ0) is 12.3. The number of phenols is 1. The summed E-state index contributed by atoms with van der Waals surface area (Å²) in [5.74, 6) is 0.211. The van der Waals surface area contributed by atoms with Gasteiger partial charge < -0.3 is 9.84 Å². The number of para-hydroxylation sites is 1. The molecule has 0 bridgehead atoms. The molecule has 0 atom stereocenters. The highest BCUT2D eigenvalue weighted by atomic mass is 35.5. The predicted octanol–water partition coefficient (Wildman–Crippen LogP) is 2.66. The van der Waals surface area contributed by atoms with Gasteiger partial charge in [-0.3, -0.25) is 4.90 Å². The molecule has 0 unspecified atom stereocenters. The molecule has 2 rings (SSSR count). The normalized spacial score (nSPS) is 18.5. The predicted molar refractivity (Wildman–Crippen MR) is 68.4 cm³/mol. The van der Waals surface area contributed by atoms with E-state index in [4.69, 9.17) is 16.3 Å². The van der Waals surface area contributed by atoms with Crippen molar-refractivity contribution in [2.45, 2.75) is 25.5 Å². The maximum atomic E-state index is 9.84. The molecule has 1 heterocycles. The summed E-state index contributed by atoms with van der Waals surface area (Å²) in [7, 11) is 1.77. The number of benzene rings is 1. The Morgan fingerprint density at radius 3 is 2.76 bits per heavy atom. The molecule has 0 radical (unpaired) electrons. The molecule has 1 N–H and O–H groups in total. The van der Waals surface area contributed by atoms with Gasteiger partial charge in [-0.2, -0.15) is 0 Å². The van der Waals surface area contributed by atoms with E-state index in [-0.39, 0.29) is 5.75 Å². The van der Waals surface area contributed by atoms with Crippen LogP contribution in [-0.2, 0) is 11.3 Å². The van der Waals surface area contributed by atoms with Crippen LogP contribution in [0.5, 0.6) is 5.75 Å². The zero-order valence-corrected chi connectivity index (χ0v) is 10.8. The van der Waals surface area contributed by atoms with Crippen molar-refractivity contribution in [2.24, 2.45) is 0 Å². The van der Waals surface area contributed by atoms with Crippen molar-refractivity contribution in [3.63, 3.8) is 0 Å². The van der Waals surface area contributed by atoms with Crippen molar-refractivity contribution >= 4 is 11.6 Å². The van der Waals surface area contributed by atoms with E-state index in [0.717, 1.165) is 38.0 Å².